The molecule has 0 spiro atoms. The van der Waals surface area contributed by atoms with E-state index in [-0.39, 0.29) is 12.8 Å². The van der Waals surface area contributed by atoms with Crippen LogP contribution in [0, 0.1) is 11.8 Å². The molecule has 0 aromatic rings. The molecule has 0 nitrogen and oxygen atoms in total. The summed E-state index contributed by atoms with van der Waals surface area (Å²) in [6, 6.07) is 0. The molecule has 0 N–H and O–H groups in total. The Morgan fingerprint density at radius 3 is 1.43 bits per heavy atom. The number of unbranched alkanes of at least 4 members (excludes halogenated alkanes) is 1. The van der Waals surface area contributed by atoms with Crippen molar-refractivity contribution in [3.8, 4) is 0 Å². The quantitative estimate of drug-likeness (QED) is 0.196. The maximum absolute atomic E-state index is 12.3. The summed E-state index contributed by atoms with van der Waals surface area (Å²) < 4.78 is 109. The normalized spacial score (nSPS) is 17.1. The highest BCUT2D eigenvalue weighted by Gasteiger charge is 2.55. The zero-order valence-electron chi connectivity index (χ0n) is 10.8. The lowest BCUT2D eigenvalue weighted by molar-refractivity contribution is -0.285. The molecule has 0 aromatic heterocycles. The molecule has 2 unspecified atom stereocenters. The van der Waals surface area contributed by atoms with E-state index in [1.54, 1.807) is 0 Å². The summed E-state index contributed by atoms with van der Waals surface area (Å²) in [5, 5.41) is 0. The third-order valence-corrected chi connectivity index (χ3v) is 4.94. The van der Waals surface area contributed by atoms with Crippen LogP contribution >= 0.6 is 22.6 Å². The van der Waals surface area contributed by atoms with E-state index in [2.05, 4.69) is 0 Å². The summed E-state index contributed by atoms with van der Waals surface area (Å²) in [7, 11) is 0. The van der Waals surface area contributed by atoms with Crippen LogP contribution in [0.1, 0.15) is 32.6 Å². The Hall–Kier alpha value is 0.1000. The highest BCUT2D eigenvalue weighted by atomic mass is 127. The molecule has 0 amide bonds. The molecular weight excluding hydrogens is 430 g/mol. The van der Waals surface area contributed by atoms with E-state index >= 15 is 0 Å². The van der Waals surface area contributed by atoms with Crippen LogP contribution in [0.2, 0.25) is 0 Å². The van der Waals surface area contributed by atoms with Gasteiger partial charge in [-0.3, -0.25) is 0 Å². The molecule has 0 aliphatic carbocycles. The van der Waals surface area contributed by atoms with Crippen molar-refractivity contribution in [3.63, 3.8) is 0 Å². The summed E-state index contributed by atoms with van der Waals surface area (Å²) in [6.07, 6.45) is -17.0. The minimum atomic E-state index is -5.39. The highest BCUT2D eigenvalue weighted by Crippen LogP contribution is 2.42. The summed E-state index contributed by atoms with van der Waals surface area (Å²) in [5.41, 5.74) is 0. The van der Waals surface area contributed by atoms with Gasteiger partial charge in [0.25, 0.3) is 0 Å². The lowest BCUT2D eigenvalue weighted by Crippen LogP contribution is -2.36. The molecule has 0 heterocycles. The number of rotatable bonds is 6. The molecule has 0 aliphatic heterocycles. The second-order valence-corrected chi connectivity index (χ2v) is 6.18. The second-order valence-electron chi connectivity index (χ2n) is 4.84. The predicted molar refractivity (Wildman–Crippen MR) is 67.1 cm³/mol. The van der Waals surface area contributed by atoms with Gasteiger partial charge in [-0.05, 0) is 18.8 Å². The Kier molecular flexibility index (Phi) is 7.62. The molecule has 128 valence electrons. The largest absolute Gasteiger partial charge is 0.400 e. The van der Waals surface area contributed by atoms with Crippen molar-refractivity contribution in [1.82, 2.24) is 0 Å². The fourth-order valence-corrected chi connectivity index (χ4v) is 2.16. The van der Waals surface area contributed by atoms with E-state index in [0.29, 0.717) is 0 Å². The van der Waals surface area contributed by atoms with Gasteiger partial charge in [0.05, 0.1) is 0 Å². The van der Waals surface area contributed by atoms with Gasteiger partial charge in [0.2, 0.25) is 0 Å². The van der Waals surface area contributed by atoms with Gasteiger partial charge in [-0.1, -0.05) is 42.4 Å². The van der Waals surface area contributed by atoms with E-state index in [4.69, 9.17) is 0 Å². The minimum Gasteiger partial charge on any atom is -0.170 e. The maximum Gasteiger partial charge on any atom is 0.400 e. The molecule has 0 fully saturated rings. The molecule has 21 heavy (non-hydrogen) atoms. The SMILES string of the molecule is CC(CCCCC(C(F)(F)F)C(F)(F)F)C(I)C(F)(F)F. The van der Waals surface area contributed by atoms with Crippen LogP contribution in [0.25, 0.3) is 0 Å². The van der Waals surface area contributed by atoms with Gasteiger partial charge in [-0.15, -0.1) is 0 Å². The fraction of sp³-hybridized carbons (Fsp3) is 1.00. The van der Waals surface area contributed by atoms with E-state index in [1.807, 2.05) is 0 Å². The van der Waals surface area contributed by atoms with Crippen LogP contribution in [-0.4, -0.2) is 22.5 Å². The first kappa shape index (κ1) is 21.1. The van der Waals surface area contributed by atoms with E-state index in [1.165, 1.54) is 29.5 Å². The lowest BCUT2D eigenvalue weighted by atomic mass is 9.95. The van der Waals surface area contributed by atoms with Crippen molar-refractivity contribution in [2.45, 2.75) is 55.1 Å². The average molecular weight is 444 g/mol. The highest BCUT2D eigenvalue weighted by molar-refractivity contribution is 14.1. The number of alkyl halides is 10. The topological polar surface area (TPSA) is 0 Å². The minimum absolute atomic E-state index is 0.0739. The Morgan fingerprint density at radius 2 is 1.10 bits per heavy atom. The van der Waals surface area contributed by atoms with E-state index in [9.17, 15) is 39.5 Å². The molecule has 0 saturated carbocycles. The fourth-order valence-electron chi connectivity index (χ4n) is 1.80. The van der Waals surface area contributed by atoms with Gasteiger partial charge in [0.15, 0.2) is 5.92 Å². The summed E-state index contributed by atoms with van der Waals surface area (Å²) in [5.74, 6) is -4.28. The van der Waals surface area contributed by atoms with Crippen LogP contribution < -0.4 is 0 Å². The average Bonchev–Trinajstić information content (AvgIpc) is 2.22. The van der Waals surface area contributed by atoms with Crippen molar-refractivity contribution >= 4 is 22.6 Å². The van der Waals surface area contributed by atoms with Crippen molar-refractivity contribution in [2.24, 2.45) is 11.8 Å². The Labute approximate surface area is 129 Å². The number of hydrogen-bond donors (Lipinski definition) is 0. The second kappa shape index (κ2) is 7.58. The van der Waals surface area contributed by atoms with Crippen LogP contribution in [0.5, 0.6) is 0 Å². The van der Waals surface area contributed by atoms with Gasteiger partial charge < -0.3 is 0 Å². The molecule has 0 rings (SSSR count). The van der Waals surface area contributed by atoms with Gasteiger partial charge in [0.1, 0.15) is 3.92 Å². The molecular formula is C11H14F9I. The molecule has 2 atom stereocenters. The van der Waals surface area contributed by atoms with Crippen molar-refractivity contribution < 1.29 is 39.5 Å². The van der Waals surface area contributed by atoms with E-state index in [0.717, 1.165) is 0 Å². The van der Waals surface area contributed by atoms with Crippen LogP contribution in [0.15, 0.2) is 0 Å². The lowest BCUT2D eigenvalue weighted by Gasteiger charge is -2.24. The number of halogens is 10. The van der Waals surface area contributed by atoms with Crippen molar-refractivity contribution in [1.29, 1.82) is 0 Å². The molecule has 0 bridgehead atoms. The number of hydrogen-bond acceptors (Lipinski definition) is 0. The van der Waals surface area contributed by atoms with Gasteiger partial charge in [-0.2, -0.15) is 39.5 Å². The Balaban J connectivity index is 4.31. The standard InChI is InChI=1S/C11H14F9I/c1-6(8(21)11(18,19)20)4-2-3-5-7(9(12,13)14)10(15,16)17/h6-8H,2-5H2,1H3. The van der Waals surface area contributed by atoms with E-state index < -0.39 is 47.1 Å². The summed E-state index contributed by atoms with van der Waals surface area (Å²) in [6.45, 7) is 1.27. The van der Waals surface area contributed by atoms with Gasteiger partial charge in [-0.25, -0.2) is 0 Å². The summed E-state index contributed by atoms with van der Waals surface area (Å²) >= 11 is 1.18. The monoisotopic (exact) mass is 444 g/mol. The van der Waals surface area contributed by atoms with Crippen LogP contribution in [0.3, 0.4) is 0 Å². The third kappa shape index (κ3) is 7.78. The summed E-state index contributed by atoms with van der Waals surface area (Å²) in [4.78, 5) is 0. The third-order valence-electron chi connectivity index (χ3n) is 3.00. The zero-order valence-corrected chi connectivity index (χ0v) is 13.0. The molecule has 0 aromatic carbocycles. The molecule has 0 aliphatic rings. The first-order valence-corrected chi connectivity index (χ1v) is 7.26. The Morgan fingerprint density at radius 1 is 0.714 bits per heavy atom. The first-order chi connectivity index (χ1) is 9.17. The van der Waals surface area contributed by atoms with Crippen molar-refractivity contribution in [3.05, 3.63) is 0 Å². The van der Waals surface area contributed by atoms with Crippen LogP contribution in [0.4, 0.5) is 39.5 Å². The zero-order chi connectivity index (χ0) is 17.1. The molecule has 10 heteroatoms. The molecule has 0 radical (unpaired) electrons. The van der Waals surface area contributed by atoms with Gasteiger partial charge >= 0.3 is 18.5 Å². The maximum atomic E-state index is 12.3. The van der Waals surface area contributed by atoms with Crippen LogP contribution in [-0.2, 0) is 0 Å². The van der Waals surface area contributed by atoms with Gasteiger partial charge in [0, 0.05) is 0 Å². The smallest absolute Gasteiger partial charge is 0.170 e. The predicted octanol–water partition coefficient (Wildman–Crippen LogP) is 6.29. The Bertz CT molecular complexity index is 290. The first-order valence-electron chi connectivity index (χ1n) is 6.01. The molecule has 0 saturated heterocycles. The van der Waals surface area contributed by atoms with Crippen molar-refractivity contribution in [2.75, 3.05) is 0 Å².